The van der Waals surface area contributed by atoms with Crippen LogP contribution in [0.15, 0.2) is 0 Å². The van der Waals surface area contributed by atoms with Gasteiger partial charge in [0.2, 0.25) is 0 Å². The van der Waals surface area contributed by atoms with E-state index >= 15 is 0 Å². The smallest absolute Gasteiger partial charge is 0.309 e. The normalized spacial score (nSPS) is 12.4. The number of esters is 2. The highest BCUT2D eigenvalue weighted by molar-refractivity contribution is 5.72. The molecule has 0 heterocycles. The zero-order valence-electron chi connectivity index (χ0n) is 26.5. The molecule has 0 radical (unpaired) electrons. The first kappa shape index (κ1) is 36.9. The summed E-state index contributed by atoms with van der Waals surface area (Å²) >= 11 is 0. The van der Waals surface area contributed by atoms with Crippen LogP contribution in [0.1, 0.15) is 170 Å². The van der Waals surface area contributed by atoms with Gasteiger partial charge in [0, 0.05) is 6.42 Å². The van der Waals surface area contributed by atoms with E-state index in [9.17, 15) is 9.59 Å². The molecule has 4 nitrogen and oxygen atoms in total. The van der Waals surface area contributed by atoms with Gasteiger partial charge in [-0.2, -0.15) is 0 Å². The molecule has 1 atom stereocenters. The lowest BCUT2D eigenvalue weighted by Gasteiger charge is -2.19. The molecule has 1 unspecified atom stereocenters. The average molecular weight is 539 g/mol. The van der Waals surface area contributed by atoms with Crippen molar-refractivity contribution in [1.82, 2.24) is 0 Å². The number of hydrogen-bond acceptors (Lipinski definition) is 4. The fraction of sp³-hybridized carbons (Fsp3) is 0.941. The Morgan fingerprint density at radius 2 is 0.868 bits per heavy atom. The summed E-state index contributed by atoms with van der Waals surface area (Å²) in [6.07, 6.45) is 23.2. The molecule has 0 aromatic carbocycles. The van der Waals surface area contributed by atoms with Crippen LogP contribution in [0.2, 0.25) is 0 Å². The number of rotatable bonds is 27. The van der Waals surface area contributed by atoms with E-state index in [0.29, 0.717) is 25.6 Å². The number of ether oxygens (including phenoxy) is 2. The maximum absolute atomic E-state index is 12.5. The molecule has 38 heavy (non-hydrogen) atoms. The zero-order chi connectivity index (χ0) is 28.4. The Kier molecular flexibility index (Phi) is 25.4. The molecule has 0 aromatic rings. The molecular weight excluding hydrogens is 472 g/mol. The van der Waals surface area contributed by atoms with Crippen molar-refractivity contribution in [3.05, 3.63) is 0 Å². The van der Waals surface area contributed by atoms with Crippen LogP contribution >= 0.6 is 0 Å². The lowest BCUT2D eigenvalue weighted by Crippen LogP contribution is -2.23. The van der Waals surface area contributed by atoms with Crippen molar-refractivity contribution in [2.45, 2.75) is 170 Å². The summed E-state index contributed by atoms with van der Waals surface area (Å²) in [7, 11) is 0. The van der Waals surface area contributed by atoms with Crippen LogP contribution < -0.4 is 0 Å². The van der Waals surface area contributed by atoms with E-state index in [-0.39, 0.29) is 17.9 Å². The van der Waals surface area contributed by atoms with Crippen LogP contribution in [0.4, 0.5) is 0 Å². The summed E-state index contributed by atoms with van der Waals surface area (Å²) in [6.45, 7) is 14.4. The van der Waals surface area contributed by atoms with Crippen molar-refractivity contribution in [1.29, 1.82) is 0 Å². The predicted octanol–water partition coefficient (Wildman–Crippen LogP) is 10.5. The average Bonchev–Trinajstić information content (AvgIpc) is 2.85. The minimum atomic E-state index is -0.0123. The first-order valence-electron chi connectivity index (χ1n) is 16.6. The molecular formula is C34H66O4. The number of carbonyl (C=O) groups excluding carboxylic acids is 2. The van der Waals surface area contributed by atoms with Crippen LogP contribution in [-0.2, 0) is 19.1 Å². The molecule has 0 aliphatic rings. The van der Waals surface area contributed by atoms with E-state index < -0.39 is 0 Å². The van der Waals surface area contributed by atoms with Gasteiger partial charge in [0.05, 0.1) is 19.1 Å². The number of carbonyl (C=O) groups is 2. The summed E-state index contributed by atoms with van der Waals surface area (Å²) in [5, 5.41) is 0. The summed E-state index contributed by atoms with van der Waals surface area (Å²) in [5.74, 6) is 1.89. The van der Waals surface area contributed by atoms with Gasteiger partial charge in [-0.25, -0.2) is 0 Å². The summed E-state index contributed by atoms with van der Waals surface area (Å²) in [6, 6.07) is 0. The van der Waals surface area contributed by atoms with Crippen molar-refractivity contribution in [3.8, 4) is 0 Å². The zero-order valence-corrected chi connectivity index (χ0v) is 26.5. The fourth-order valence-electron chi connectivity index (χ4n) is 4.97. The Balaban J connectivity index is 3.51. The first-order chi connectivity index (χ1) is 18.2. The summed E-state index contributed by atoms with van der Waals surface area (Å²) in [5.41, 5.74) is 0. The van der Waals surface area contributed by atoms with Gasteiger partial charge < -0.3 is 9.47 Å². The van der Waals surface area contributed by atoms with E-state index in [4.69, 9.17) is 9.47 Å². The van der Waals surface area contributed by atoms with Gasteiger partial charge in [0.25, 0.3) is 0 Å². The molecule has 0 rings (SSSR count). The van der Waals surface area contributed by atoms with Crippen LogP contribution in [0.3, 0.4) is 0 Å². The molecule has 0 spiro atoms. The quantitative estimate of drug-likeness (QED) is 0.0771. The molecule has 0 aromatic heterocycles. The first-order valence-corrected chi connectivity index (χ1v) is 16.6. The lowest BCUT2D eigenvalue weighted by molar-refractivity contribution is -0.150. The molecule has 0 aliphatic carbocycles. The molecule has 0 aliphatic heterocycles. The van der Waals surface area contributed by atoms with E-state index in [1.165, 1.54) is 70.6 Å². The third-order valence-corrected chi connectivity index (χ3v) is 7.61. The second kappa shape index (κ2) is 26.2. The highest BCUT2D eigenvalue weighted by atomic mass is 16.5. The Labute approximate surface area is 237 Å². The maximum atomic E-state index is 12.5. The SMILES string of the molecule is CC(C)CCCCOC(=O)CCCCCCCCCCCCCCC(C(=O)OCCCCC(C)C)C(C)C. The van der Waals surface area contributed by atoms with Crippen molar-refractivity contribution in [2.75, 3.05) is 13.2 Å². The van der Waals surface area contributed by atoms with Gasteiger partial charge in [-0.1, -0.05) is 125 Å². The highest BCUT2D eigenvalue weighted by Gasteiger charge is 2.23. The van der Waals surface area contributed by atoms with Crippen molar-refractivity contribution >= 4 is 11.9 Å². The Morgan fingerprint density at radius 1 is 0.474 bits per heavy atom. The molecule has 4 heteroatoms. The summed E-state index contributed by atoms with van der Waals surface area (Å²) < 4.78 is 10.9. The van der Waals surface area contributed by atoms with Gasteiger partial charge >= 0.3 is 11.9 Å². The van der Waals surface area contributed by atoms with Gasteiger partial charge in [-0.3, -0.25) is 9.59 Å². The van der Waals surface area contributed by atoms with E-state index in [2.05, 4.69) is 41.5 Å². The van der Waals surface area contributed by atoms with Gasteiger partial charge in [-0.15, -0.1) is 0 Å². The van der Waals surface area contributed by atoms with E-state index in [1.54, 1.807) is 0 Å². The molecule has 0 amide bonds. The van der Waals surface area contributed by atoms with Gasteiger partial charge in [0.15, 0.2) is 0 Å². The van der Waals surface area contributed by atoms with Gasteiger partial charge in [-0.05, 0) is 56.3 Å². The second-order valence-electron chi connectivity index (χ2n) is 12.8. The van der Waals surface area contributed by atoms with Crippen LogP contribution in [0.25, 0.3) is 0 Å². The monoisotopic (exact) mass is 538 g/mol. The fourth-order valence-corrected chi connectivity index (χ4v) is 4.97. The van der Waals surface area contributed by atoms with Gasteiger partial charge in [0.1, 0.15) is 0 Å². The molecule has 0 fully saturated rings. The maximum Gasteiger partial charge on any atom is 0.309 e. The standard InChI is InChI=1S/C34H66O4/c1-29(2)23-19-21-27-37-33(35)26-18-16-14-12-10-8-7-9-11-13-15-17-25-32(31(5)6)34(36)38-28-22-20-24-30(3)4/h29-32H,7-28H2,1-6H3. The van der Waals surface area contributed by atoms with Crippen molar-refractivity contribution < 1.29 is 19.1 Å². The second-order valence-corrected chi connectivity index (χ2v) is 12.8. The third kappa shape index (κ3) is 25.2. The van der Waals surface area contributed by atoms with Crippen molar-refractivity contribution in [3.63, 3.8) is 0 Å². The minimum Gasteiger partial charge on any atom is -0.466 e. The molecule has 0 N–H and O–H groups in total. The molecule has 0 bridgehead atoms. The van der Waals surface area contributed by atoms with E-state index in [0.717, 1.165) is 63.2 Å². The largest absolute Gasteiger partial charge is 0.466 e. The van der Waals surface area contributed by atoms with Crippen LogP contribution in [-0.4, -0.2) is 25.2 Å². The predicted molar refractivity (Wildman–Crippen MR) is 162 cm³/mol. The lowest BCUT2D eigenvalue weighted by atomic mass is 9.90. The third-order valence-electron chi connectivity index (χ3n) is 7.61. The van der Waals surface area contributed by atoms with Crippen LogP contribution in [0.5, 0.6) is 0 Å². The topological polar surface area (TPSA) is 52.6 Å². The molecule has 0 saturated heterocycles. The number of unbranched alkanes of at least 4 members (excludes halogenated alkanes) is 13. The molecule has 226 valence electrons. The van der Waals surface area contributed by atoms with E-state index in [1.807, 2.05) is 0 Å². The van der Waals surface area contributed by atoms with Crippen LogP contribution in [0, 0.1) is 23.7 Å². The Morgan fingerprint density at radius 3 is 1.32 bits per heavy atom. The highest BCUT2D eigenvalue weighted by Crippen LogP contribution is 2.22. The summed E-state index contributed by atoms with van der Waals surface area (Å²) in [4.78, 5) is 24.3. The minimum absolute atomic E-state index is 0.0123. The Hall–Kier alpha value is -1.06. The number of hydrogen-bond donors (Lipinski definition) is 0. The Bertz CT molecular complexity index is 541. The molecule has 0 saturated carbocycles. The van der Waals surface area contributed by atoms with Crippen molar-refractivity contribution in [2.24, 2.45) is 23.7 Å².